The van der Waals surface area contributed by atoms with E-state index < -0.39 is 0 Å². The molecule has 0 spiro atoms. The Bertz CT molecular complexity index is 258. The maximum Gasteiger partial charge on any atom is 0.125 e. The van der Waals surface area contributed by atoms with Crippen LogP contribution in [0.25, 0.3) is 0 Å². The van der Waals surface area contributed by atoms with E-state index in [0.29, 0.717) is 0 Å². The zero-order valence-electron chi connectivity index (χ0n) is 7.92. The quantitative estimate of drug-likeness (QED) is 0.686. The Kier molecular flexibility index (Phi) is 3.09. The average Bonchev–Trinajstić information content (AvgIpc) is 2.09. The van der Waals surface area contributed by atoms with E-state index in [9.17, 15) is 0 Å². The molecule has 0 aliphatic carbocycles. The Morgan fingerprint density at radius 2 is 2.25 bits per heavy atom. The zero-order chi connectivity index (χ0) is 8.97. The first kappa shape index (κ1) is 9.04. The number of rotatable bonds is 3. The van der Waals surface area contributed by atoms with Crippen LogP contribution in [0.3, 0.4) is 0 Å². The summed E-state index contributed by atoms with van der Waals surface area (Å²) in [5.41, 5.74) is 2.32. The van der Waals surface area contributed by atoms with Gasteiger partial charge >= 0.3 is 0 Å². The molecule has 0 bridgehead atoms. The predicted molar refractivity (Wildman–Crippen MR) is 49.5 cm³/mol. The minimum absolute atomic E-state index is 0.938. The van der Waals surface area contributed by atoms with Crippen molar-refractivity contribution in [3.8, 4) is 5.75 Å². The number of pyridine rings is 1. The van der Waals surface area contributed by atoms with Crippen molar-refractivity contribution in [3.05, 3.63) is 23.5 Å². The first-order valence-corrected chi connectivity index (χ1v) is 4.28. The molecule has 0 saturated heterocycles. The van der Waals surface area contributed by atoms with Crippen molar-refractivity contribution >= 4 is 0 Å². The van der Waals surface area contributed by atoms with Crippen molar-refractivity contribution in [1.82, 2.24) is 4.98 Å². The number of methoxy groups -OCH3 is 1. The van der Waals surface area contributed by atoms with Gasteiger partial charge in [0.1, 0.15) is 5.75 Å². The van der Waals surface area contributed by atoms with Gasteiger partial charge in [-0.15, -0.1) is 0 Å². The second-order valence-electron chi connectivity index (χ2n) is 2.83. The van der Waals surface area contributed by atoms with E-state index in [1.807, 2.05) is 6.07 Å². The van der Waals surface area contributed by atoms with Crippen molar-refractivity contribution in [2.75, 3.05) is 7.11 Å². The van der Waals surface area contributed by atoms with Crippen LogP contribution in [0.1, 0.15) is 24.6 Å². The molecule has 0 fully saturated rings. The van der Waals surface area contributed by atoms with Crippen molar-refractivity contribution in [3.63, 3.8) is 0 Å². The first-order valence-electron chi connectivity index (χ1n) is 4.28. The fourth-order valence-corrected chi connectivity index (χ4v) is 1.27. The van der Waals surface area contributed by atoms with Gasteiger partial charge < -0.3 is 4.74 Å². The molecule has 0 aromatic carbocycles. The number of hydrogen-bond acceptors (Lipinski definition) is 2. The molecule has 0 amide bonds. The summed E-state index contributed by atoms with van der Waals surface area (Å²) < 4.78 is 5.19. The van der Waals surface area contributed by atoms with E-state index in [4.69, 9.17) is 4.74 Å². The van der Waals surface area contributed by atoms with Gasteiger partial charge in [-0.1, -0.05) is 13.3 Å². The summed E-state index contributed by atoms with van der Waals surface area (Å²) in [5, 5.41) is 0. The van der Waals surface area contributed by atoms with Crippen LogP contribution in [0.5, 0.6) is 5.75 Å². The minimum Gasteiger partial charge on any atom is -0.496 e. The molecule has 0 atom stereocenters. The third-order valence-corrected chi connectivity index (χ3v) is 1.97. The van der Waals surface area contributed by atoms with Crippen LogP contribution in [0, 0.1) is 6.92 Å². The van der Waals surface area contributed by atoms with E-state index in [2.05, 4.69) is 18.8 Å². The van der Waals surface area contributed by atoms with Gasteiger partial charge in [0.2, 0.25) is 0 Å². The molecule has 0 N–H and O–H groups in total. The van der Waals surface area contributed by atoms with E-state index in [0.717, 1.165) is 24.3 Å². The average molecular weight is 165 g/mol. The number of aromatic nitrogens is 1. The van der Waals surface area contributed by atoms with Gasteiger partial charge in [-0.05, 0) is 19.4 Å². The van der Waals surface area contributed by atoms with Gasteiger partial charge in [0.15, 0.2) is 0 Å². The molecule has 0 aliphatic rings. The maximum atomic E-state index is 5.19. The van der Waals surface area contributed by atoms with Crippen LogP contribution in [0.4, 0.5) is 0 Å². The predicted octanol–water partition coefficient (Wildman–Crippen LogP) is 2.35. The van der Waals surface area contributed by atoms with Gasteiger partial charge in [0, 0.05) is 17.5 Å². The van der Waals surface area contributed by atoms with Crippen molar-refractivity contribution in [2.45, 2.75) is 26.7 Å². The van der Waals surface area contributed by atoms with Gasteiger partial charge in [-0.3, -0.25) is 4.98 Å². The fourth-order valence-electron chi connectivity index (χ4n) is 1.27. The van der Waals surface area contributed by atoms with E-state index in [1.165, 1.54) is 5.56 Å². The maximum absolute atomic E-state index is 5.19. The molecule has 12 heavy (non-hydrogen) atoms. The summed E-state index contributed by atoms with van der Waals surface area (Å²) in [7, 11) is 1.69. The zero-order valence-corrected chi connectivity index (χ0v) is 7.92. The molecule has 1 aromatic rings. The molecule has 0 saturated carbocycles. The molecule has 0 radical (unpaired) electrons. The van der Waals surface area contributed by atoms with Gasteiger partial charge in [-0.2, -0.15) is 0 Å². The smallest absolute Gasteiger partial charge is 0.125 e. The molecule has 0 unspecified atom stereocenters. The summed E-state index contributed by atoms with van der Waals surface area (Å²) >= 11 is 0. The Hall–Kier alpha value is -1.05. The van der Waals surface area contributed by atoms with Gasteiger partial charge in [0.05, 0.1) is 7.11 Å². The first-order chi connectivity index (χ1) is 5.79. The highest BCUT2D eigenvalue weighted by Crippen LogP contribution is 2.19. The fraction of sp³-hybridized carbons (Fsp3) is 0.500. The standard InChI is InChI=1S/C10H15NO/c1-4-5-9-8(2)10(12-3)6-7-11-9/h6-7H,4-5H2,1-3H3. The molecule has 1 rings (SSSR count). The lowest BCUT2D eigenvalue weighted by Gasteiger charge is -2.07. The van der Waals surface area contributed by atoms with Crippen LogP contribution in [-0.2, 0) is 6.42 Å². The van der Waals surface area contributed by atoms with Gasteiger partial charge in [-0.25, -0.2) is 0 Å². The number of nitrogens with zero attached hydrogens (tertiary/aromatic N) is 1. The minimum atomic E-state index is 0.938. The lowest BCUT2D eigenvalue weighted by atomic mass is 10.1. The van der Waals surface area contributed by atoms with E-state index in [-0.39, 0.29) is 0 Å². The molecule has 66 valence electrons. The largest absolute Gasteiger partial charge is 0.496 e. The Morgan fingerprint density at radius 1 is 1.50 bits per heavy atom. The lowest BCUT2D eigenvalue weighted by molar-refractivity contribution is 0.410. The summed E-state index contributed by atoms with van der Waals surface area (Å²) in [6.07, 6.45) is 3.96. The molecule has 1 aromatic heterocycles. The molecule has 1 heterocycles. The topological polar surface area (TPSA) is 22.1 Å². The monoisotopic (exact) mass is 165 g/mol. The summed E-state index contributed by atoms with van der Waals surface area (Å²) in [6, 6.07) is 1.90. The highest BCUT2D eigenvalue weighted by atomic mass is 16.5. The molecule has 2 nitrogen and oxygen atoms in total. The normalized spacial score (nSPS) is 9.92. The molecule has 0 aliphatic heterocycles. The summed E-state index contributed by atoms with van der Waals surface area (Å²) in [5.74, 6) is 0.938. The molecular weight excluding hydrogens is 150 g/mol. The van der Waals surface area contributed by atoms with Crippen LogP contribution in [0.15, 0.2) is 12.3 Å². The highest BCUT2D eigenvalue weighted by molar-refractivity contribution is 5.34. The summed E-state index contributed by atoms with van der Waals surface area (Å²) in [6.45, 7) is 4.21. The second-order valence-corrected chi connectivity index (χ2v) is 2.83. The van der Waals surface area contributed by atoms with Crippen LogP contribution in [0.2, 0.25) is 0 Å². The third kappa shape index (κ3) is 1.76. The van der Waals surface area contributed by atoms with Crippen molar-refractivity contribution < 1.29 is 4.74 Å². The number of ether oxygens (including phenoxy) is 1. The Balaban J connectivity index is 2.97. The molecule has 2 heteroatoms. The van der Waals surface area contributed by atoms with Crippen LogP contribution in [-0.4, -0.2) is 12.1 Å². The van der Waals surface area contributed by atoms with E-state index in [1.54, 1.807) is 13.3 Å². The van der Waals surface area contributed by atoms with Crippen molar-refractivity contribution in [1.29, 1.82) is 0 Å². The lowest BCUT2D eigenvalue weighted by Crippen LogP contribution is -1.96. The second kappa shape index (κ2) is 4.10. The van der Waals surface area contributed by atoms with Crippen molar-refractivity contribution in [2.24, 2.45) is 0 Å². The van der Waals surface area contributed by atoms with Gasteiger partial charge in [0.25, 0.3) is 0 Å². The van der Waals surface area contributed by atoms with Crippen LogP contribution >= 0.6 is 0 Å². The van der Waals surface area contributed by atoms with Crippen LogP contribution < -0.4 is 4.74 Å². The third-order valence-electron chi connectivity index (χ3n) is 1.97. The Labute approximate surface area is 73.6 Å². The number of aryl methyl sites for hydroxylation is 1. The molecular formula is C10H15NO. The number of hydrogen-bond donors (Lipinski definition) is 0. The highest BCUT2D eigenvalue weighted by Gasteiger charge is 2.03. The summed E-state index contributed by atoms with van der Waals surface area (Å²) in [4.78, 5) is 4.30. The SMILES string of the molecule is CCCc1nccc(OC)c1C. The Morgan fingerprint density at radius 3 is 2.83 bits per heavy atom. The van der Waals surface area contributed by atoms with E-state index >= 15 is 0 Å².